The molecule has 1 aliphatic heterocycles. The molecular weight excluding hydrogens is 300 g/mol. The zero-order valence-electron chi connectivity index (χ0n) is 14.6. The first-order valence-electron chi connectivity index (χ1n) is 9.40. The summed E-state index contributed by atoms with van der Waals surface area (Å²) in [6, 6.07) is 0.455. The summed E-state index contributed by atoms with van der Waals surface area (Å²) >= 11 is 0. The lowest BCUT2D eigenvalue weighted by molar-refractivity contribution is 0.161. The highest BCUT2D eigenvalue weighted by molar-refractivity contribution is 5.22. The van der Waals surface area contributed by atoms with Gasteiger partial charge >= 0.3 is 0 Å². The average Bonchev–Trinajstić information content (AvgIpc) is 3.26. The van der Waals surface area contributed by atoms with E-state index in [1.165, 1.54) is 62.7 Å². The van der Waals surface area contributed by atoms with Gasteiger partial charge in [0.1, 0.15) is 0 Å². The van der Waals surface area contributed by atoms with E-state index in [0.717, 1.165) is 13.1 Å². The van der Waals surface area contributed by atoms with Crippen LogP contribution in [-0.2, 0) is 13.6 Å². The van der Waals surface area contributed by atoms with E-state index >= 15 is 0 Å². The van der Waals surface area contributed by atoms with E-state index in [1.54, 1.807) is 6.20 Å². The zero-order chi connectivity index (χ0) is 16.4. The van der Waals surface area contributed by atoms with Crippen LogP contribution in [0.15, 0.2) is 18.6 Å². The molecule has 0 spiro atoms. The Morgan fingerprint density at radius 1 is 1.12 bits per heavy atom. The van der Waals surface area contributed by atoms with Crippen molar-refractivity contribution in [3.05, 3.63) is 29.8 Å². The molecule has 1 saturated heterocycles. The molecule has 2 fully saturated rings. The Morgan fingerprint density at radius 3 is 2.79 bits per heavy atom. The molecule has 0 aromatic carbocycles. The molecule has 3 heterocycles. The van der Waals surface area contributed by atoms with Crippen LogP contribution in [0.3, 0.4) is 0 Å². The van der Waals surface area contributed by atoms with E-state index in [1.807, 2.05) is 15.6 Å². The normalized spacial score (nSPS) is 23.6. The fraction of sp³-hybridized carbons (Fsp3) is 0.722. The van der Waals surface area contributed by atoms with Crippen molar-refractivity contribution in [3.63, 3.8) is 0 Å². The molecule has 0 N–H and O–H groups in total. The molecule has 6 nitrogen and oxygen atoms in total. The monoisotopic (exact) mass is 328 g/mol. The van der Waals surface area contributed by atoms with Crippen molar-refractivity contribution in [2.45, 2.75) is 63.5 Å². The van der Waals surface area contributed by atoms with Crippen molar-refractivity contribution in [1.29, 1.82) is 0 Å². The van der Waals surface area contributed by atoms with Crippen LogP contribution in [0.4, 0.5) is 0 Å². The number of likely N-dealkylation sites (tertiary alicyclic amines) is 1. The van der Waals surface area contributed by atoms with E-state index in [9.17, 15) is 0 Å². The predicted octanol–water partition coefficient (Wildman–Crippen LogP) is 2.90. The molecule has 1 saturated carbocycles. The number of nitrogens with zero attached hydrogens (tertiary/aromatic N) is 6. The average molecular weight is 328 g/mol. The lowest BCUT2D eigenvalue weighted by Gasteiger charge is -2.32. The van der Waals surface area contributed by atoms with E-state index in [2.05, 4.69) is 28.5 Å². The maximum Gasteiger partial charge on any atom is 0.0700 e. The van der Waals surface area contributed by atoms with Gasteiger partial charge in [0.25, 0.3) is 0 Å². The Kier molecular flexibility index (Phi) is 4.65. The van der Waals surface area contributed by atoms with Crippen molar-refractivity contribution < 1.29 is 0 Å². The summed E-state index contributed by atoms with van der Waals surface area (Å²) in [5.74, 6) is 0.672. The number of piperidine rings is 1. The van der Waals surface area contributed by atoms with Gasteiger partial charge in [0.15, 0.2) is 0 Å². The maximum absolute atomic E-state index is 4.83. The van der Waals surface area contributed by atoms with Gasteiger partial charge in [0.2, 0.25) is 0 Å². The van der Waals surface area contributed by atoms with Gasteiger partial charge in [-0.1, -0.05) is 24.5 Å². The topological polar surface area (TPSA) is 51.8 Å². The SMILES string of the molecule is Cn1cc(CN2CCCC(n3ccnn3)C2)c(C2CCCCC2)n1. The summed E-state index contributed by atoms with van der Waals surface area (Å²) in [5.41, 5.74) is 2.80. The third-order valence-electron chi connectivity index (χ3n) is 5.62. The van der Waals surface area contributed by atoms with Gasteiger partial charge in [-0.15, -0.1) is 5.10 Å². The molecule has 2 aliphatic rings. The van der Waals surface area contributed by atoms with Crippen molar-refractivity contribution in [2.75, 3.05) is 13.1 Å². The van der Waals surface area contributed by atoms with Crippen LogP contribution < -0.4 is 0 Å². The Labute approximate surface area is 143 Å². The van der Waals surface area contributed by atoms with E-state index in [-0.39, 0.29) is 0 Å². The van der Waals surface area contributed by atoms with Gasteiger partial charge in [-0.3, -0.25) is 9.58 Å². The highest BCUT2D eigenvalue weighted by Crippen LogP contribution is 2.34. The molecule has 0 radical (unpaired) electrons. The van der Waals surface area contributed by atoms with Crippen LogP contribution in [0.25, 0.3) is 0 Å². The van der Waals surface area contributed by atoms with Gasteiger partial charge in [0.05, 0.1) is 17.9 Å². The molecule has 0 amide bonds. The van der Waals surface area contributed by atoms with Crippen LogP contribution in [0.1, 0.15) is 68.2 Å². The van der Waals surface area contributed by atoms with Crippen molar-refractivity contribution in [3.8, 4) is 0 Å². The molecule has 4 rings (SSSR count). The summed E-state index contributed by atoms with van der Waals surface area (Å²) in [6.07, 6.45) is 15.2. The largest absolute Gasteiger partial charge is 0.297 e. The van der Waals surface area contributed by atoms with E-state index in [0.29, 0.717) is 12.0 Å². The highest BCUT2D eigenvalue weighted by atomic mass is 15.4. The number of hydrogen-bond donors (Lipinski definition) is 0. The number of aryl methyl sites for hydroxylation is 1. The molecule has 1 unspecified atom stereocenters. The van der Waals surface area contributed by atoms with E-state index < -0.39 is 0 Å². The highest BCUT2D eigenvalue weighted by Gasteiger charge is 2.26. The molecule has 1 aliphatic carbocycles. The van der Waals surface area contributed by atoms with Crippen molar-refractivity contribution in [1.82, 2.24) is 29.7 Å². The molecule has 130 valence electrons. The third kappa shape index (κ3) is 3.38. The lowest BCUT2D eigenvalue weighted by atomic mass is 9.85. The van der Waals surface area contributed by atoms with Crippen LogP contribution in [0, 0.1) is 0 Å². The summed E-state index contributed by atoms with van der Waals surface area (Å²) in [4.78, 5) is 2.57. The second kappa shape index (κ2) is 7.05. The van der Waals surface area contributed by atoms with Gasteiger partial charge in [-0.05, 0) is 32.2 Å². The standard InChI is InChI=1S/C18H28N6/c1-22-12-16(18(20-22)15-6-3-2-4-7-15)13-23-10-5-8-17(14-23)24-11-9-19-21-24/h9,11-12,15,17H,2-8,10,13-14H2,1H3. The second-order valence-corrected chi connectivity index (χ2v) is 7.46. The predicted molar refractivity (Wildman–Crippen MR) is 92.6 cm³/mol. The molecular formula is C18H28N6. The smallest absolute Gasteiger partial charge is 0.0700 e. The molecule has 0 bridgehead atoms. The van der Waals surface area contributed by atoms with Gasteiger partial charge in [-0.2, -0.15) is 5.10 Å². The van der Waals surface area contributed by atoms with Crippen LogP contribution in [-0.4, -0.2) is 42.8 Å². The summed E-state index contributed by atoms with van der Waals surface area (Å²) in [6.45, 7) is 3.25. The fourth-order valence-corrected chi connectivity index (χ4v) is 4.44. The Morgan fingerprint density at radius 2 is 2.00 bits per heavy atom. The maximum atomic E-state index is 4.83. The van der Waals surface area contributed by atoms with Crippen molar-refractivity contribution in [2.24, 2.45) is 7.05 Å². The number of aromatic nitrogens is 5. The lowest BCUT2D eigenvalue weighted by Crippen LogP contribution is -2.36. The summed E-state index contributed by atoms with van der Waals surface area (Å²) < 4.78 is 4.04. The summed E-state index contributed by atoms with van der Waals surface area (Å²) in [5, 5.41) is 13.0. The number of hydrogen-bond acceptors (Lipinski definition) is 4. The van der Waals surface area contributed by atoms with E-state index in [4.69, 9.17) is 5.10 Å². The first-order valence-corrected chi connectivity index (χ1v) is 9.40. The minimum absolute atomic E-state index is 0.455. The van der Waals surface area contributed by atoms with Gasteiger partial charge in [0, 0.05) is 44.0 Å². The van der Waals surface area contributed by atoms with Crippen LogP contribution in [0.2, 0.25) is 0 Å². The number of rotatable bonds is 4. The first-order chi connectivity index (χ1) is 11.8. The zero-order valence-corrected chi connectivity index (χ0v) is 14.6. The molecule has 24 heavy (non-hydrogen) atoms. The molecule has 6 heteroatoms. The van der Waals surface area contributed by atoms with Crippen molar-refractivity contribution >= 4 is 0 Å². The van der Waals surface area contributed by atoms with Gasteiger partial charge < -0.3 is 0 Å². The molecule has 1 atom stereocenters. The Balaban J connectivity index is 1.46. The molecule has 2 aromatic heterocycles. The second-order valence-electron chi connectivity index (χ2n) is 7.46. The summed E-state index contributed by atoms with van der Waals surface area (Å²) in [7, 11) is 2.06. The minimum Gasteiger partial charge on any atom is -0.297 e. The molecule has 2 aromatic rings. The Hall–Kier alpha value is -1.69. The van der Waals surface area contributed by atoms with Crippen LogP contribution >= 0.6 is 0 Å². The first kappa shape index (κ1) is 15.8. The fourth-order valence-electron chi connectivity index (χ4n) is 4.44. The third-order valence-corrected chi connectivity index (χ3v) is 5.62. The minimum atomic E-state index is 0.455. The Bertz CT molecular complexity index is 641. The van der Waals surface area contributed by atoms with Crippen LogP contribution in [0.5, 0.6) is 0 Å². The quantitative estimate of drug-likeness (QED) is 0.866. The van der Waals surface area contributed by atoms with Gasteiger partial charge in [-0.25, -0.2) is 4.68 Å².